The largest absolute Gasteiger partial charge is 0.465 e. The maximum atomic E-state index is 11.5. The van der Waals surface area contributed by atoms with Crippen LogP contribution in [0.2, 0.25) is 0 Å². The van der Waals surface area contributed by atoms with Gasteiger partial charge in [0.1, 0.15) is 5.82 Å². The molecular weight excluding hydrogens is 369 g/mol. The van der Waals surface area contributed by atoms with Crippen molar-refractivity contribution in [2.45, 2.75) is 38.8 Å². The van der Waals surface area contributed by atoms with E-state index in [0.717, 1.165) is 22.4 Å². The summed E-state index contributed by atoms with van der Waals surface area (Å²) in [6.07, 6.45) is 1.83. The van der Waals surface area contributed by atoms with Crippen molar-refractivity contribution in [3.05, 3.63) is 21.9 Å². The summed E-state index contributed by atoms with van der Waals surface area (Å²) in [4.78, 5) is 19.6. The predicted molar refractivity (Wildman–Crippen MR) is 87.2 cm³/mol. The molecular formula is C14H20IN3O2. The molecule has 0 saturated carbocycles. The van der Waals surface area contributed by atoms with E-state index >= 15 is 0 Å². The highest BCUT2D eigenvalue weighted by atomic mass is 127. The summed E-state index contributed by atoms with van der Waals surface area (Å²) in [5.74, 6) is 0.923. The van der Waals surface area contributed by atoms with Crippen LogP contribution in [0.25, 0.3) is 0 Å². The van der Waals surface area contributed by atoms with Crippen LogP contribution in [0.4, 0.5) is 10.6 Å². The van der Waals surface area contributed by atoms with Gasteiger partial charge in [-0.05, 0) is 61.9 Å². The van der Waals surface area contributed by atoms with E-state index < -0.39 is 6.09 Å². The number of anilines is 1. The van der Waals surface area contributed by atoms with Gasteiger partial charge >= 0.3 is 6.09 Å². The Hall–Kier alpha value is -1.05. The van der Waals surface area contributed by atoms with E-state index in [1.165, 1.54) is 0 Å². The van der Waals surface area contributed by atoms with Gasteiger partial charge in [-0.3, -0.25) is 4.90 Å². The maximum Gasteiger partial charge on any atom is 0.408 e. The van der Waals surface area contributed by atoms with E-state index in [0.29, 0.717) is 6.54 Å². The van der Waals surface area contributed by atoms with Crippen molar-refractivity contribution in [1.29, 1.82) is 0 Å². The van der Waals surface area contributed by atoms with Gasteiger partial charge < -0.3 is 10.0 Å². The van der Waals surface area contributed by atoms with Crippen LogP contribution >= 0.6 is 22.6 Å². The number of hydrogen-bond acceptors (Lipinski definition) is 3. The number of rotatable bonds is 2. The van der Waals surface area contributed by atoms with Gasteiger partial charge in [-0.1, -0.05) is 0 Å². The summed E-state index contributed by atoms with van der Waals surface area (Å²) in [5, 5.41) is 9.45. The lowest BCUT2D eigenvalue weighted by Gasteiger charge is -2.37. The SMILES string of the molecule is CC(C)(C)N(C(=O)O)[C@H]1CCN(c2ccc(I)cn2)C1. The first kappa shape index (κ1) is 15.3. The summed E-state index contributed by atoms with van der Waals surface area (Å²) in [7, 11) is 0. The normalized spacial score (nSPS) is 19.2. The fourth-order valence-electron chi connectivity index (χ4n) is 2.71. The lowest BCUT2D eigenvalue weighted by Crippen LogP contribution is -2.52. The maximum absolute atomic E-state index is 11.5. The molecule has 1 amide bonds. The number of halogens is 1. The smallest absolute Gasteiger partial charge is 0.408 e. The van der Waals surface area contributed by atoms with Crippen molar-refractivity contribution in [2.75, 3.05) is 18.0 Å². The van der Waals surface area contributed by atoms with Gasteiger partial charge in [-0.2, -0.15) is 0 Å². The minimum absolute atomic E-state index is 0.0218. The molecule has 1 fully saturated rings. The molecule has 1 aliphatic rings. The molecule has 2 rings (SSSR count). The molecule has 1 atom stereocenters. The van der Waals surface area contributed by atoms with Crippen LogP contribution in [-0.2, 0) is 0 Å². The van der Waals surface area contributed by atoms with Gasteiger partial charge in [-0.15, -0.1) is 0 Å². The number of nitrogens with zero attached hydrogens (tertiary/aromatic N) is 3. The predicted octanol–water partition coefficient (Wildman–Crippen LogP) is 3.04. The molecule has 1 aromatic rings. The van der Waals surface area contributed by atoms with Crippen LogP contribution < -0.4 is 4.90 Å². The highest BCUT2D eigenvalue weighted by Crippen LogP contribution is 2.26. The van der Waals surface area contributed by atoms with Gasteiger partial charge in [0.05, 0.1) is 6.04 Å². The van der Waals surface area contributed by atoms with Crippen LogP contribution in [0, 0.1) is 3.57 Å². The molecule has 0 aliphatic carbocycles. The molecule has 1 N–H and O–H groups in total. The Bertz CT molecular complexity index is 484. The third-order valence-electron chi connectivity index (χ3n) is 3.49. The van der Waals surface area contributed by atoms with E-state index in [-0.39, 0.29) is 11.6 Å². The Morgan fingerprint density at radius 2 is 2.20 bits per heavy atom. The second kappa shape index (κ2) is 5.75. The molecule has 5 nitrogen and oxygen atoms in total. The van der Waals surface area contributed by atoms with Crippen LogP contribution in [0.3, 0.4) is 0 Å². The minimum Gasteiger partial charge on any atom is -0.465 e. The van der Waals surface area contributed by atoms with Crippen LogP contribution in [0.15, 0.2) is 18.3 Å². The Morgan fingerprint density at radius 3 is 2.70 bits per heavy atom. The molecule has 110 valence electrons. The van der Waals surface area contributed by atoms with Crippen molar-refractivity contribution in [2.24, 2.45) is 0 Å². The molecule has 0 unspecified atom stereocenters. The average molecular weight is 389 g/mol. The lowest BCUT2D eigenvalue weighted by molar-refractivity contribution is 0.0763. The molecule has 2 heterocycles. The minimum atomic E-state index is -0.847. The number of pyridine rings is 1. The molecule has 1 aromatic heterocycles. The van der Waals surface area contributed by atoms with Gasteiger partial charge in [0.2, 0.25) is 0 Å². The molecule has 0 spiro atoms. The first-order valence-corrected chi connectivity index (χ1v) is 7.75. The highest BCUT2D eigenvalue weighted by molar-refractivity contribution is 14.1. The zero-order valence-electron chi connectivity index (χ0n) is 12.0. The number of carboxylic acid groups (broad SMARTS) is 1. The number of carbonyl (C=O) groups is 1. The van der Waals surface area contributed by atoms with E-state index in [1.807, 2.05) is 39.1 Å². The first-order chi connectivity index (χ1) is 9.29. The Morgan fingerprint density at radius 1 is 1.50 bits per heavy atom. The van der Waals surface area contributed by atoms with Gasteiger partial charge in [0, 0.05) is 28.4 Å². The molecule has 0 radical (unpaired) electrons. The number of hydrogen-bond donors (Lipinski definition) is 1. The lowest BCUT2D eigenvalue weighted by atomic mass is 10.0. The summed E-state index contributed by atoms with van der Waals surface area (Å²) in [6.45, 7) is 7.36. The van der Waals surface area contributed by atoms with Gasteiger partial charge in [0.25, 0.3) is 0 Å². The van der Waals surface area contributed by atoms with Crippen LogP contribution in [-0.4, -0.2) is 45.8 Å². The zero-order chi connectivity index (χ0) is 14.9. The molecule has 0 bridgehead atoms. The third-order valence-corrected chi connectivity index (χ3v) is 4.13. The van der Waals surface area contributed by atoms with Gasteiger partial charge in [-0.25, -0.2) is 9.78 Å². The fourth-order valence-corrected chi connectivity index (χ4v) is 3.03. The molecule has 1 aliphatic heterocycles. The first-order valence-electron chi connectivity index (χ1n) is 6.68. The fraction of sp³-hybridized carbons (Fsp3) is 0.571. The highest BCUT2D eigenvalue weighted by Gasteiger charge is 2.37. The van der Waals surface area contributed by atoms with E-state index in [9.17, 15) is 9.90 Å². The van der Waals surface area contributed by atoms with E-state index in [2.05, 4.69) is 32.5 Å². The van der Waals surface area contributed by atoms with Crippen LogP contribution in [0.1, 0.15) is 27.2 Å². The van der Waals surface area contributed by atoms with E-state index in [4.69, 9.17) is 0 Å². The summed E-state index contributed by atoms with van der Waals surface area (Å²) in [5.41, 5.74) is -0.383. The summed E-state index contributed by atoms with van der Waals surface area (Å²) < 4.78 is 1.10. The van der Waals surface area contributed by atoms with E-state index in [1.54, 1.807) is 4.90 Å². The third kappa shape index (κ3) is 3.34. The number of amides is 1. The second-order valence-corrected chi connectivity index (χ2v) is 7.29. The van der Waals surface area contributed by atoms with Crippen molar-refractivity contribution in [1.82, 2.24) is 9.88 Å². The average Bonchev–Trinajstić information content (AvgIpc) is 2.76. The number of aromatic nitrogens is 1. The molecule has 0 aromatic carbocycles. The van der Waals surface area contributed by atoms with Crippen molar-refractivity contribution in [3.63, 3.8) is 0 Å². The standard InChI is InChI=1S/C14H20IN3O2/c1-14(2,3)18(13(19)20)11-6-7-17(9-11)12-5-4-10(15)8-16-12/h4-5,8,11H,6-7,9H2,1-3H3,(H,19,20)/t11-/m0/s1. The monoisotopic (exact) mass is 389 g/mol. The topological polar surface area (TPSA) is 56.7 Å². The quantitative estimate of drug-likeness (QED) is 0.791. The Balaban J connectivity index is 2.11. The van der Waals surface area contributed by atoms with Crippen LogP contribution in [0.5, 0.6) is 0 Å². The van der Waals surface area contributed by atoms with Gasteiger partial charge in [0.15, 0.2) is 0 Å². The Kier molecular flexibility index (Phi) is 4.41. The summed E-state index contributed by atoms with van der Waals surface area (Å²) in [6, 6.07) is 4.04. The summed E-state index contributed by atoms with van der Waals surface area (Å²) >= 11 is 2.23. The molecule has 20 heavy (non-hydrogen) atoms. The van der Waals surface area contributed by atoms with Crippen molar-refractivity contribution < 1.29 is 9.90 Å². The Labute approximate surface area is 133 Å². The molecule has 1 saturated heterocycles. The zero-order valence-corrected chi connectivity index (χ0v) is 14.2. The molecule has 6 heteroatoms. The van der Waals surface area contributed by atoms with Crippen molar-refractivity contribution >= 4 is 34.5 Å². The second-order valence-electron chi connectivity index (χ2n) is 6.05. The van der Waals surface area contributed by atoms with Crippen molar-refractivity contribution in [3.8, 4) is 0 Å².